The van der Waals surface area contributed by atoms with Crippen LogP contribution in [-0.2, 0) is 0 Å². The van der Waals surface area contributed by atoms with Crippen LogP contribution in [0.1, 0.15) is 40.6 Å². The summed E-state index contributed by atoms with van der Waals surface area (Å²) in [7, 11) is 0. The molecule has 1 unspecified atom stereocenters. The molecule has 6 nitrogen and oxygen atoms in total. The standard InChI is InChI=1S/C24H24ClFN4O2/c1-16-13-22(31)23(28-30(16)20-10-3-2-9-19(20)26)24(32)27-15-21(29-11-4-5-12-29)17-7-6-8-18(25)14-17/h2-3,6-10,13-14,21H,4-5,11-12,15H2,1H3,(H,27,32). The Balaban J connectivity index is 1.59. The second-order valence-corrected chi connectivity index (χ2v) is 8.32. The third kappa shape index (κ3) is 4.74. The molecule has 1 fully saturated rings. The Kier molecular flexibility index (Phi) is 6.67. The number of hydrogen-bond acceptors (Lipinski definition) is 4. The van der Waals surface area contributed by atoms with Gasteiger partial charge in [0, 0.05) is 23.3 Å². The fourth-order valence-electron chi connectivity index (χ4n) is 4.07. The Labute approximate surface area is 190 Å². The van der Waals surface area contributed by atoms with Gasteiger partial charge in [0.25, 0.3) is 5.91 Å². The van der Waals surface area contributed by atoms with Gasteiger partial charge in [-0.1, -0.05) is 35.9 Å². The van der Waals surface area contributed by atoms with Crippen molar-refractivity contribution in [2.24, 2.45) is 0 Å². The number of para-hydroxylation sites is 1. The van der Waals surface area contributed by atoms with Gasteiger partial charge in [0.05, 0.1) is 6.04 Å². The molecular weight excluding hydrogens is 431 g/mol. The van der Waals surface area contributed by atoms with Gasteiger partial charge in [0.1, 0.15) is 11.5 Å². The zero-order valence-corrected chi connectivity index (χ0v) is 18.5. The van der Waals surface area contributed by atoms with Crippen LogP contribution in [0.15, 0.2) is 59.4 Å². The van der Waals surface area contributed by atoms with E-state index in [1.165, 1.54) is 16.8 Å². The van der Waals surface area contributed by atoms with Crippen molar-refractivity contribution in [2.45, 2.75) is 25.8 Å². The number of rotatable bonds is 6. The van der Waals surface area contributed by atoms with Crippen molar-refractivity contribution in [3.05, 3.63) is 92.6 Å². The van der Waals surface area contributed by atoms with E-state index in [1.807, 2.05) is 24.3 Å². The lowest BCUT2D eigenvalue weighted by molar-refractivity contribution is 0.0930. The summed E-state index contributed by atoms with van der Waals surface area (Å²) in [6.45, 7) is 3.80. The molecule has 0 aliphatic carbocycles. The minimum atomic E-state index is -0.591. The largest absolute Gasteiger partial charge is 0.349 e. The van der Waals surface area contributed by atoms with Gasteiger partial charge in [-0.05, 0) is 62.7 Å². The van der Waals surface area contributed by atoms with Crippen LogP contribution < -0.4 is 10.7 Å². The number of benzene rings is 2. The van der Waals surface area contributed by atoms with E-state index >= 15 is 0 Å². The number of aryl methyl sites for hydroxylation is 1. The van der Waals surface area contributed by atoms with Crippen molar-refractivity contribution in [3.8, 4) is 5.69 Å². The van der Waals surface area contributed by atoms with Crippen LogP contribution >= 0.6 is 11.6 Å². The summed E-state index contributed by atoms with van der Waals surface area (Å²) in [5.74, 6) is -1.08. The van der Waals surface area contributed by atoms with Gasteiger partial charge in [-0.25, -0.2) is 9.07 Å². The fraction of sp³-hybridized carbons (Fsp3) is 0.292. The molecule has 166 valence electrons. The molecule has 1 saturated heterocycles. The highest BCUT2D eigenvalue weighted by Gasteiger charge is 2.25. The maximum absolute atomic E-state index is 14.3. The first-order valence-electron chi connectivity index (χ1n) is 10.6. The number of hydrogen-bond donors (Lipinski definition) is 1. The number of amides is 1. The second-order valence-electron chi connectivity index (χ2n) is 7.89. The Morgan fingerprint density at radius 1 is 1.16 bits per heavy atom. The smallest absolute Gasteiger partial charge is 0.275 e. The topological polar surface area (TPSA) is 67.2 Å². The molecule has 1 aliphatic heterocycles. The van der Waals surface area contributed by atoms with E-state index in [0.29, 0.717) is 17.3 Å². The summed E-state index contributed by atoms with van der Waals surface area (Å²) in [5, 5.41) is 7.67. The van der Waals surface area contributed by atoms with Crippen molar-refractivity contribution in [1.82, 2.24) is 20.0 Å². The molecule has 0 saturated carbocycles. The van der Waals surface area contributed by atoms with E-state index < -0.39 is 17.2 Å². The van der Waals surface area contributed by atoms with Crippen LogP contribution in [0.25, 0.3) is 5.69 Å². The van der Waals surface area contributed by atoms with Crippen LogP contribution in [0, 0.1) is 12.7 Å². The van der Waals surface area contributed by atoms with Gasteiger partial charge in [0.15, 0.2) is 5.69 Å². The lowest BCUT2D eigenvalue weighted by Gasteiger charge is -2.28. The number of likely N-dealkylation sites (tertiary alicyclic amines) is 1. The monoisotopic (exact) mass is 454 g/mol. The molecule has 1 N–H and O–H groups in total. The maximum Gasteiger partial charge on any atom is 0.275 e. The average Bonchev–Trinajstić information content (AvgIpc) is 3.29. The third-order valence-corrected chi connectivity index (χ3v) is 5.91. The summed E-state index contributed by atoms with van der Waals surface area (Å²) >= 11 is 6.19. The maximum atomic E-state index is 14.3. The Morgan fingerprint density at radius 3 is 2.62 bits per heavy atom. The van der Waals surface area contributed by atoms with E-state index in [-0.39, 0.29) is 17.4 Å². The first-order chi connectivity index (χ1) is 15.4. The Bertz CT molecular complexity index is 1190. The highest BCUT2D eigenvalue weighted by atomic mass is 35.5. The third-order valence-electron chi connectivity index (χ3n) is 5.67. The van der Waals surface area contributed by atoms with Gasteiger partial charge in [-0.3, -0.25) is 14.5 Å². The summed E-state index contributed by atoms with van der Waals surface area (Å²) in [6.07, 6.45) is 2.19. The highest BCUT2D eigenvalue weighted by Crippen LogP contribution is 2.26. The number of halogens is 2. The summed E-state index contributed by atoms with van der Waals surface area (Å²) in [4.78, 5) is 27.7. The van der Waals surface area contributed by atoms with Gasteiger partial charge in [-0.2, -0.15) is 5.10 Å². The molecular formula is C24H24ClFN4O2. The average molecular weight is 455 g/mol. The molecule has 1 aliphatic rings. The second kappa shape index (κ2) is 9.63. The minimum Gasteiger partial charge on any atom is -0.349 e. The molecule has 8 heteroatoms. The van der Waals surface area contributed by atoms with E-state index in [0.717, 1.165) is 31.5 Å². The molecule has 1 aromatic heterocycles. The van der Waals surface area contributed by atoms with E-state index in [9.17, 15) is 14.0 Å². The molecule has 0 bridgehead atoms. The Hall–Kier alpha value is -3.03. The number of nitrogens with zero attached hydrogens (tertiary/aromatic N) is 3. The molecule has 1 atom stereocenters. The van der Waals surface area contributed by atoms with Crippen molar-refractivity contribution in [3.63, 3.8) is 0 Å². The molecule has 3 aromatic rings. The van der Waals surface area contributed by atoms with Crippen molar-refractivity contribution in [2.75, 3.05) is 19.6 Å². The highest BCUT2D eigenvalue weighted by molar-refractivity contribution is 6.30. The zero-order chi connectivity index (χ0) is 22.7. The summed E-state index contributed by atoms with van der Waals surface area (Å²) < 4.78 is 15.6. The predicted octanol–water partition coefficient (Wildman–Crippen LogP) is 3.90. The normalized spacial score (nSPS) is 15.0. The molecule has 0 radical (unpaired) electrons. The van der Waals surface area contributed by atoms with E-state index in [2.05, 4.69) is 15.3 Å². The molecule has 2 aromatic carbocycles. The van der Waals surface area contributed by atoms with Gasteiger partial charge in [-0.15, -0.1) is 0 Å². The van der Waals surface area contributed by atoms with Crippen LogP contribution in [0.4, 0.5) is 4.39 Å². The molecule has 0 spiro atoms. The number of carbonyl (C=O) groups excluding carboxylic acids is 1. The Morgan fingerprint density at radius 2 is 1.91 bits per heavy atom. The van der Waals surface area contributed by atoms with E-state index in [4.69, 9.17) is 11.6 Å². The number of nitrogens with one attached hydrogen (secondary N) is 1. The minimum absolute atomic E-state index is 0.0700. The molecule has 32 heavy (non-hydrogen) atoms. The van der Waals surface area contributed by atoms with E-state index in [1.54, 1.807) is 25.1 Å². The first kappa shape index (κ1) is 22.2. The van der Waals surface area contributed by atoms with Crippen LogP contribution in [0.2, 0.25) is 5.02 Å². The van der Waals surface area contributed by atoms with Crippen LogP contribution in [0.5, 0.6) is 0 Å². The molecule has 2 heterocycles. The van der Waals surface area contributed by atoms with Gasteiger partial charge in [0.2, 0.25) is 5.43 Å². The van der Waals surface area contributed by atoms with Gasteiger partial charge >= 0.3 is 0 Å². The fourth-order valence-corrected chi connectivity index (χ4v) is 4.27. The van der Waals surface area contributed by atoms with Crippen molar-refractivity contribution < 1.29 is 9.18 Å². The van der Waals surface area contributed by atoms with Crippen molar-refractivity contribution >= 4 is 17.5 Å². The van der Waals surface area contributed by atoms with Crippen molar-refractivity contribution in [1.29, 1.82) is 0 Å². The molecule has 4 rings (SSSR count). The zero-order valence-electron chi connectivity index (χ0n) is 17.7. The predicted molar refractivity (Wildman–Crippen MR) is 122 cm³/mol. The van der Waals surface area contributed by atoms with Crippen LogP contribution in [-0.4, -0.2) is 40.2 Å². The van der Waals surface area contributed by atoms with Crippen LogP contribution in [0.3, 0.4) is 0 Å². The quantitative estimate of drug-likeness (QED) is 0.613. The SMILES string of the molecule is Cc1cc(=O)c(C(=O)NCC(c2cccc(Cl)c2)N2CCCC2)nn1-c1ccccc1F. The number of aromatic nitrogens is 2. The van der Waals surface area contributed by atoms with Gasteiger partial charge < -0.3 is 5.32 Å². The number of carbonyl (C=O) groups is 1. The lowest BCUT2D eigenvalue weighted by Crippen LogP contribution is -2.39. The summed E-state index contributed by atoms with van der Waals surface area (Å²) in [5.41, 5.74) is 0.831. The lowest BCUT2D eigenvalue weighted by atomic mass is 10.1. The summed E-state index contributed by atoms with van der Waals surface area (Å²) in [6, 6.07) is 14.9. The molecule has 1 amide bonds. The first-order valence-corrected chi connectivity index (χ1v) is 11.0.